The van der Waals surface area contributed by atoms with E-state index in [2.05, 4.69) is 5.32 Å². The number of Topliss-reactive ketones (excluding diaryl/α,β-unsaturated/α-hetero) is 1. The minimum Gasteiger partial charge on any atom is -0.325 e. The SMILES string of the molecule is CC(C)C(C)C(=O)c1cc2c(cc1Cl)NC(=O)C2. The van der Waals surface area contributed by atoms with Crippen LogP contribution in [0, 0.1) is 11.8 Å². The van der Waals surface area contributed by atoms with Gasteiger partial charge >= 0.3 is 0 Å². The highest BCUT2D eigenvalue weighted by atomic mass is 35.5. The summed E-state index contributed by atoms with van der Waals surface area (Å²) in [6, 6.07) is 3.42. The van der Waals surface area contributed by atoms with E-state index in [9.17, 15) is 9.59 Å². The van der Waals surface area contributed by atoms with Gasteiger partial charge in [-0.1, -0.05) is 32.4 Å². The second-order valence-electron chi connectivity index (χ2n) is 5.11. The molecule has 96 valence electrons. The fourth-order valence-electron chi connectivity index (χ4n) is 1.98. The molecule has 0 saturated carbocycles. The third-order valence-electron chi connectivity index (χ3n) is 3.50. The van der Waals surface area contributed by atoms with Crippen LogP contribution < -0.4 is 5.32 Å². The zero-order valence-electron chi connectivity index (χ0n) is 10.7. The van der Waals surface area contributed by atoms with Crippen molar-refractivity contribution >= 4 is 29.0 Å². The summed E-state index contributed by atoms with van der Waals surface area (Å²) in [5.41, 5.74) is 2.09. The first-order chi connectivity index (χ1) is 8.40. The van der Waals surface area contributed by atoms with Crippen molar-refractivity contribution < 1.29 is 9.59 Å². The van der Waals surface area contributed by atoms with E-state index in [1.807, 2.05) is 20.8 Å². The van der Waals surface area contributed by atoms with Gasteiger partial charge in [-0.15, -0.1) is 0 Å². The number of nitrogens with one attached hydrogen (secondary N) is 1. The molecule has 1 aliphatic rings. The van der Waals surface area contributed by atoms with Gasteiger partial charge in [0, 0.05) is 17.2 Å². The summed E-state index contributed by atoms with van der Waals surface area (Å²) in [7, 11) is 0. The molecule has 1 atom stereocenters. The molecule has 0 bridgehead atoms. The van der Waals surface area contributed by atoms with Crippen molar-refractivity contribution in [3.63, 3.8) is 0 Å². The van der Waals surface area contributed by atoms with Crippen LogP contribution in [0.1, 0.15) is 36.7 Å². The highest BCUT2D eigenvalue weighted by Gasteiger charge is 2.25. The van der Waals surface area contributed by atoms with Crippen LogP contribution in [0.2, 0.25) is 5.02 Å². The quantitative estimate of drug-likeness (QED) is 0.853. The molecule has 2 rings (SSSR count). The van der Waals surface area contributed by atoms with Crippen molar-refractivity contribution in [3.8, 4) is 0 Å². The Kier molecular flexibility index (Phi) is 3.44. The number of halogens is 1. The third-order valence-corrected chi connectivity index (χ3v) is 3.81. The molecule has 0 aliphatic carbocycles. The third kappa shape index (κ3) is 2.27. The summed E-state index contributed by atoms with van der Waals surface area (Å²) in [5, 5.41) is 3.13. The lowest BCUT2D eigenvalue weighted by Crippen LogP contribution is -2.17. The molecule has 3 nitrogen and oxygen atoms in total. The van der Waals surface area contributed by atoms with Crippen molar-refractivity contribution in [1.29, 1.82) is 0 Å². The van der Waals surface area contributed by atoms with Gasteiger partial charge in [0.2, 0.25) is 5.91 Å². The van der Waals surface area contributed by atoms with E-state index in [-0.39, 0.29) is 23.5 Å². The number of anilines is 1. The van der Waals surface area contributed by atoms with Gasteiger partial charge in [0.1, 0.15) is 0 Å². The Balaban J connectivity index is 2.38. The average Bonchev–Trinajstić information content (AvgIpc) is 2.65. The predicted octanol–water partition coefficient (Wildman–Crippen LogP) is 3.31. The van der Waals surface area contributed by atoms with Crippen LogP contribution in [0.25, 0.3) is 0 Å². The van der Waals surface area contributed by atoms with Crippen molar-refractivity contribution in [3.05, 3.63) is 28.3 Å². The number of rotatable bonds is 3. The molecule has 18 heavy (non-hydrogen) atoms. The molecule has 0 saturated heterocycles. The number of amides is 1. The van der Waals surface area contributed by atoms with Crippen molar-refractivity contribution in [1.82, 2.24) is 0 Å². The maximum absolute atomic E-state index is 12.3. The van der Waals surface area contributed by atoms with E-state index in [4.69, 9.17) is 11.6 Å². The zero-order valence-corrected chi connectivity index (χ0v) is 11.5. The smallest absolute Gasteiger partial charge is 0.228 e. The lowest BCUT2D eigenvalue weighted by atomic mass is 9.89. The van der Waals surface area contributed by atoms with Gasteiger partial charge in [0.15, 0.2) is 5.78 Å². The Morgan fingerprint density at radius 3 is 2.61 bits per heavy atom. The van der Waals surface area contributed by atoms with Crippen LogP contribution in [0.5, 0.6) is 0 Å². The molecule has 1 aromatic carbocycles. The topological polar surface area (TPSA) is 46.2 Å². The minimum absolute atomic E-state index is 0.0390. The number of hydrogen-bond acceptors (Lipinski definition) is 2. The highest BCUT2D eigenvalue weighted by molar-refractivity contribution is 6.34. The van der Waals surface area contributed by atoms with Gasteiger partial charge in [0.25, 0.3) is 0 Å². The van der Waals surface area contributed by atoms with Crippen LogP contribution >= 0.6 is 11.6 Å². The van der Waals surface area contributed by atoms with E-state index in [0.29, 0.717) is 17.0 Å². The summed E-state index contributed by atoms with van der Waals surface area (Å²) in [6.45, 7) is 5.92. The van der Waals surface area contributed by atoms with Crippen LogP contribution in [-0.4, -0.2) is 11.7 Å². The van der Waals surface area contributed by atoms with Crippen LogP contribution in [0.3, 0.4) is 0 Å². The van der Waals surface area contributed by atoms with E-state index < -0.39 is 0 Å². The molecule has 0 fully saturated rings. The van der Waals surface area contributed by atoms with Crippen LogP contribution in [0.4, 0.5) is 5.69 Å². The summed E-state index contributed by atoms with van der Waals surface area (Å²) < 4.78 is 0. The molecule has 0 spiro atoms. The van der Waals surface area contributed by atoms with Gasteiger partial charge < -0.3 is 5.32 Å². The number of fused-ring (bicyclic) bond motifs is 1. The van der Waals surface area contributed by atoms with Crippen molar-refractivity contribution in [2.75, 3.05) is 5.32 Å². The number of carbonyl (C=O) groups is 2. The molecule has 1 aliphatic heterocycles. The first kappa shape index (κ1) is 13.1. The van der Waals surface area contributed by atoms with Crippen LogP contribution in [0.15, 0.2) is 12.1 Å². The molecule has 4 heteroatoms. The van der Waals surface area contributed by atoms with Gasteiger partial charge in [-0.05, 0) is 23.6 Å². The average molecular weight is 266 g/mol. The largest absolute Gasteiger partial charge is 0.325 e. The van der Waals surface area contributed by atoms with Gasteiger partial charge in [-0.3, -0.25) is 9.59 Å². The summed E-state index contributed by atoms with van der Waals surface area (Å²) in [6.07, 6.45) is 0.322. The first-order valence-electron chi connectivity index (χ1n) is 6.06. The lowest BCUT2D eigenvalue weighted by molar-refractivity contribution is -0.115. The number of hydrogen-bond donors (Lipinski definition) is 1. The van der Waals surface area contributed by atoms with Crippen molar-refractivity contribution in [2.24, 2.45) is 11.8 Å². The fraction of sp³-hybridized carbons (Fsp3) is 0.429. The monoisotopic (exact) mass is 265 g/mol. The molecule has 1 N–H and O–H groups in total. The molecule has 1 aromatic rings. The normalized spacial score (nSPS) is 15.5. The van der Waals surface area contributed by atoms with E-state index in [1.54, 1.807) is 12.1 Å². The fourth-order valence-corrected chi connectivity index (χ4v) is 2.24. The lowest BCUT2D eigenvalue weighted by Gasteiger charge is -2.15. The van der Waals surface area contributed by atoms with Crippen molar-refractivity contribution in [2.45, 2.75) is 27.2 Å². The Hall–Kier alpha value is -1.35. The molecule has 1 heterocycles. The molecular weight excluding hydrogens is 250 g/mol. The number of ketones is 1. The van der Waals surface area contributed by atoms with E-state index >= 15 is 0 Å². The number of benzene rings is 1. The Morgan fingerprint density at radius 2 is 2.00 bits per heavy atom. The molecule has 1 unspecified atom stereocenters. The molecule has 0 radical (unpaired) electrons. The summed E-state index contributed by atoms with van der Waals surface area (Å²) in [4.78, 5) is 23.6. The second-order valence-corrected chi connectivity index (χ2v) is 5.52. The molecule has 1 amide bonds. The maximum atomic E-state index is 12.3. The van der Waals surface area contributed by atoms with Gasteiger partial charge in [-0.25, -0.2) is 0 Å². The Labute approximate surface area is 112 Å². The highest BCUT2D eigenvalue weighted by Crippen LogP contribution is 2.31. The van der Waals surface area contributed by atoms with Crippen LogP contribution in [-0.2, 0) is 11.2 Å². The second kappa shape index (κ2) is 4.73. The maximum Gasteiger partial charge on any atom is 0.228 e. The van der Waals surface area contributed by atoms with E-state index in [1.165, 1.54) is 0 Å². The predicted molar refractivity (Wildman–Crippen MR) is 72.1 cm³/mol. The minimum atomic E-state index is -0.0781. The number of carbonyl (C=O) groups excluding carboxylic acids is 2. The molecular formula is C14H16ClNO2. The first-order valence-corrected chi connectivity index (χ1v) is 6.44. The van der Waals surface area contributed by atoms with Gasteiger partial charge in [-0.2, -0.15) is 0 Å². The van der Waals surface area contributed by atoms with Gasteiger partial charge in [0.05, 0.1) is 11.4 Å². The Morgan fingerprint density at radius 1 is 1.33 bits per heavy atom. The molecule has 0 aromatic heterocycles. The zero-order chi connectivity index (χ0) is 13.4. The summed E-state index contributed by atoms with van der Waals surface area (Å²) in [5.74, 6) is 0.173. The Bertz CT molecular complexity index is 523. The summed E-state index contributed by atoms with van der Waals surface area (Å²) >= 11 is 6.13. The van der Waals surface area contributed by atoms with E-state index in [0.717, 1.165) is 11.3 Å². The standard InChI is InChI=1S/C14H16ClNO2/c1-7(2)8(3)14(18)10-4-9-5-13(17)16-12(9)6-11(10)15/h4,6-8H,5H2,1-3H3,(H,16,17).